The molecule has 1 N–H and O–H groups in total. The van der Waals surface area contributed by atoms with Gasteiger partial charge in [-0.05, 0) is 24.6 Å². The van der Waals surface area contributed by atoms with Crippen molar-refractivity contribution < 1.29 is 4.92 Å². The lowest BCUT2D eigenvalue weighted by molar-refractivity contribution is -0.383. The summed E-state index contributed by atoms with van der Waals surface area (Å²) in [6.07, 6.45) is 1.31. The Bertz CT molecular complexity index is 644. The number of nitro groups is 1. The number of aryl methyl sites for hydroxylation is 1. The van der Waals surface area contributed by atoms with Gasteiger partial charge in [0.1, 0.15) is 6.33 Å². The molecule has 2 aromatic rings. The van der Waals surface area contributed by atoms with Crippen molar-refractivity contribution in [2.24, 2.45) is 0 Å². The number of aromatic nitrogens is 2. The minimum atomic E-state index is -0.479. The summed E-state index contributed by atoms with van der Waals surface area (Å²) in [5.41, 5.74) is 1.76. The fourth-order valence-corrected chi connectivity index (χ4v) is 1.92. The van der Waals surface area contributed by atoms with E-state index in [1.54, 1.807) is 19.0 Å². The van der Waals surface area contributed by atoms with Crippen LogP contribution in [0.3, 0.4) is 0 Å². The van der Waals surface area contributed by atoms with Gasteiger partial charge in [-0.15, -0.1) is 0 Å². The first kappa shape index (κ1) is 13.7. The van der Waals surface area contributed by atoms with E-state index in [0.717, 1.165) is 11.3 Å². The lowest BCUT2D eigenvalue weighted by Crippen LogP contribution is -2.15. The summed E-state index contributed by atoms with van der Waals surface area (Å²) in [5, 5.41) is 14.0. The SMILES string of the molecule is CNc1ncnc(N(C)c2cccc(C)c2)c1[N+](=O)[O-]. The Labute approximate surface area is 116 Å². The molecule has 1 aromatic carbocycles. The lowest BCUT2D eigenvalue weighted by Gasteiger charge is -2.19. The van der Waals surface area contributed by atoms with Crippen molar-refractivity contribution in [1.82, 2.24) is 9.97 Å². The third kappa shape index (κ3) is 2.51. The van der Waals surface area contributed by atoms with Crippen LogP contribution in [0, 0.1) is 17.0 Å². The van der Waals surface area contributed by atoms with Crippen LogP contribution in [0.4, 0.5) is 23.0 Å². The van der Waals surface area contributed by atoms with Crippen LogP contribution in [0.5, 0.6) is 0 Å². The summed E-state index contributed by atoms with van der Waals surface area (Å²) in [6, 6.07) is 7.67. The van der Waals surface area contributed by atoms with Crippen molar-refractivity contribution >= 4 is 23.0 Å². The van der Waals surface area contributed by atoms with E-state index in [0.29, 0.717) is 0 Å². The van der Waals surface area contributed by atoms with E-state index >= 15 is 0 Å². The molecule has 0 unspecified atom stereocenters. The lowest BCUT2D eigenvalue weighted by atomic mass is 10.2. The van der Waals surface area contributed by atoms with Crippen molar-refractivity contribution in [1.29, 1.82) is 0 Å². The molecule has 104 valence electrons. The van der Waals surface area contributed by atoms with E-state index in [2.05, 4.69) is 15.3 Å². The minimum Gasteiger partial charge on any atom is -0.367 e. The van der Waals surface area contributed by atoms with E-state index < -0.39 is 4.92 Å². The largest absolute Gasteiger partial charge is 0.367 e. The molecular weight excluding hydrogens is 258 g/mol. The highest BCUT2D eigenvalue weighted by molar-refractivity contribution is 5.75. The van der Waals surface area contributed by atoms with Gasteiger partial charge in [0.15, 0.2) is 0 Å². The standard InChI is InChI=1S/C13H15N5O2/c1-9-5-4-6-10(7-9)17(3)13-11(18(19)20)12(14-2)15-8-16-13/h4-8H,1-3H3,(H,14,15,16). The Morgan fingerprint density at radius 1 is 1.35 bits per heavy atom. The molecule has 20 heavy (non-hydrogen) atoms. The first-order valence-corrected chi connectivity index (χ1v) is 6.02. The monoisotopic (exact) mass is 273 g/mol. The van der Waals surface area contributed by atoms with Crippen LogP contribution in [0.1, 0.15) is 5.56 Å². The molecule has 0 aliphatic carbocycles. The Morgan fingerprint density at radius 2 is 2.10 bits per heavy atom. The first-order valence-electron chi connectivity index (χ1n) is 6.02. The molecule has 1 heterocycles. The maximum Gasteiger partial charge on any atom is 0.353 e. The van der Waals surface area contributed by atoms with E-state index in [4.69, 9.17) is 0 Å². The van der Waals surface area contributed by atoms with Gasteiger partial charge < -0.3 is 10.2 Å². The first-order chi connectivity index (χ1) is 9.54. The Hall–Kier alpha value is -2.70. The van der Waals surface area contributed by atoms with Gasteiger partial charge in [0.25, 0.3) is 0 Å². The van der Waals surface area contributed by atoms with Gasteiger partial charge in [-0.3, -0.25) is 10.1 Å². The second-order valence-corrected chi connectivity index (χ2v) is 4.30. The third-order valence-corrected chi connectivity index (χ3v) is 2.93. The smallest absolute Gasteiger partial charge is 0.353 e. The number of hydrogen-bond donors (Lipinski definition) is 1. The molecular formula is C13H15N5O2. The van der Waals surface area contributed by atoms with Crippen LogP contribution in [0.25, 0.3) is 0 Å². The summed E-state index contributed by atoms with van der Waals surface area (Å²) in [5.74, 6) is 0.444. The average molecular weight is 273 g/mol. The molecule has 0 saturated heterocycles. The van der Waals surface area contributed by atoms with Crippen molar-refractivity contribution in [3.8, 4) is 0 Å². The predicted molar refractivity (Wildman–Crippen MR) is 77.5 cm³/mol. The molecule has 7 heteroatoms. The van der Waals surface area contributed by atoms with Crippen LogP contribution >= 0.6 is 0 Å². The molecule has 0 aliphatic heterocycles. The number of benzene rings is 1. The van der Waals surface area contributed by atoms with Gasteiger partial charge in [0.2, 0.25) is 11.6 Å². The molecule has 0 saturated carbocycles. The third-order valence-electron chi connectivity index (χ3n) is 2.93. The van der Waals surface area contributed by atoms with Crippen molar-refractivity contribution in [2.75, 3.05) is 24.3 Å². The maximum atomic E-state index is 11.3. The van der Waals surface area contributed by atoms with Gasteiger partial charge in [0.05, 0.1) is 4.92 Å². The number of nitrogens with one attached hydrogen (secondary N) is 1. The second kappa shape index (κ2) is 5.52. The average Bonchev–Trinajstić information content (AvgIpc) is 2.45. The topological polar surface area (TPSA) is 84.2 Å². The van der Waals surface area contributed by atoms with Gasteiger partial charge in [0, 0.05) is 19.8 Å². The molecule has 0 radical (unpaired) electrons. The van der Waals surface area contributed by atoms with E-state index in [9.17, 15) is 10.1 Å². The fraction of sp³-hybridized carbons (Fsp3) is 0.231. The fourth-order valence-electron chi connectivity index (χ4n) is 1.92. The number of hydrogen-bond acceptors (Lipinski definition) is 6. The van der Waals surface area contributed by atoms with E-state index in [1.807, 2.05) is 31.2 Å². The molecule has 7 nitrogen and oxygen atoms in total. The van der Waals surface area contributed by atoms with E-state index in [1.165, 1.54) is 6.33 Å². The van der Waals surface area contributed by atoms with Crippen molar-refractivity contribution in [3.63, 3.8) is 0 Å². The molecule has 2 rings (SSSR count). The number of nitrogens with zero attached hydrogens (tertiary/aromatic N) is 4. The highest BCUT2D eigenvalue weighted by Crippen LogP contribution is 2.34. The Morgan fingerprint density at radius 3 is 2.70 bits per heavy atom. The Balaban J connectivity index is 2.54. The van der Waals surface area contributed by atoms with Gasteiger partial charge in [-0.2, -0.15) is 0 Å². The van der Waals surface area contributed by atoms with Crippen LogP contribution in [0.2, 0.25) is 0 Å². The molecule has 0 atom stereocenters. The highest BCUT2D eigenvalue weighted by atomic mass is 16.6. The zero-order valence-electron chi connectivity index (χ0n) is 11.5. The second-order valence-electron chi connectivity index (χ2n) is 4.30. The Kier molecular flexibility index (Phi) is 3.79. The number of rotatable bonds is 4. The summed E-state index contributed by atoms with van der Waals surface area (Å²) in [4.78, 5) is 20.4. The normalized spacial score (nSPS) is 10.2. The van der Waals surface area contributed by atoms with Crippen LogP contribution in [-0.2, 0) is 0 Å². The molecule has 0 aliphatic rings. The molecule has 0 amide bonds. The van der Waals surface area contributed by atoms with Gasteiger partial charge in [-0.1, -0.05) is 12.1 Å². The predicted octanol–water partition coefficient (Wildman–Crippen LogP) is 2.50. The van der Waals surface area contributed by atoms with E-state index in [-0.39, 0.29) is 17.3 Å². The zero-order valence-corrected chi connectivity index (χ0v) is 11.5. The van der Waals surface area contributed by atoms with Crippen LogP contribution in [0.15, 0.2) is 30.6 Å². The minimum absolute atomic E-state index is 0.140. The molecule has 0 bridgehead atoms. The summed E-state index contributed by atoms with van der Waals surface area (Å²) >= 11 is 0. The molecule has 1 aromatic heterocycles. The maximum absolute atomic E-state index is 11.3. The van der Waals surface area contributed by atoms with Crippen molar-refractivity contribution in [2.45, 2.75) is 6.92 Å². The molecule has 0 fully saturated rings. The number of anilines is 3. The van der Waals surface area contributed by atoms with Crippen molar-refractivity contribution in [3.05, 3.63) is 46.3 Å². The molecule has 0 spiro atoms. The van der Waals surface area contributed by atoms with Gasteiger partial charge >= 0.3 is 5.69 Å². The quantitative estimate of drug-likeness (QED) is 0.680. The summed E-state index contributed by atoms with van der Waals surface area (Å²) in [7, 11) is 3.33. The van der Waals surface area contributed by atoms with Crippen LogP contribution in [-0.4, -0.2) is 29.0 Å². The summed E-state index contributed by atoms with van der Waals surface area (Å²) in [6.45, 7) is 1.96. The van der Waals surface area contributed by atoms with Gasteiger partial charge in [-0.25, -0.2) is 9.97 Å². The zero-order chi connectivity index (χ0) is 14.7. The van der Waals surface area contributed by atoms with Crippen LogP contribution < -0.4 is 10.2 Å². The highest BCUT2D eigenvalue weighted by Gasteiger charge is 2.25. The summed E-state index contributed by atoms with van der Waals surface area (Å²) < 4.78 is 0.